The number of oxime groups is 1. The van der Waals surface area contributed by atoms with Gasteiger partial charge in [0.15, 0.2) is 0 Å². The summed E-state index contributed by atoms with van der Waals surface area (Å²) in [6.45, 7) is 5.64. The van der Waals surface area contributed by atoms with Crippen molar-refractivity contribution in [2.45, 2.75) is 38.8 Å². The Balaban J connectivity index is 1.20. The van der Waals surface area contributed by atoms with Gasteiger partial charge in [-0.15, -0.1) is 0 Å². The molecule has 11 heteroatoms. The Kier molecular flexibility index (Phi) is 6.10. The largest absolute Gasteiger partial charge is 0.361 e. The summed E-state index contributed by atoms with van der Waals surface area (Å²) in [5.74, 6) is -0.456. The molecule has 1 aliphatic heterocycles. The third-order valence-electron chi connectivity index (χ3n) is 6.90. The van der Waals surface area contributed by atoms with Crippen LogP contribution in [0.1, 0.15) is 67.7 Å². The average Bonchev–Trinajstić information content (AvgIpc) is 3.68. The lowest BCUT2D eigenvalue weighted by atomic mass is 10.0. The van der Waals surface area contributed by atoms with Crippen LogP contribution in [0.4, 0.5) is 4.39 Å². The molecule has 6 rings (SSSR count). The fraction of sp³-hybridized carbons (Fsp3) is 0.214. The molecular formula is C28H24FN7O3. The van der Waals surface area contributed by atoms with Gasteiger partial charge in [0.05, 0.1) is 18.2 Å². The van der Waals surface area contributed by atoms with Gasteiger partial charge in [-0.2, -0.15) is 14.6 Å². The van der Waals surface area contributed by atoms with Crippen LogP contribution in [0.15, 0.2) is 66.3 Å². The summed E-state index contributed by atoms with van der Waals surface area (Å²) in [6, 6.07) is 11.9. The van der Waals surface area contributed by atoms with Crippen LogP contribution >= 0.6 is 0 Å². The van der Waals surface area contributed by atoms with E-state index in [1.807, 2.05) is 12.1 Å². The molecule has 2 aromatic carbocycles. The van der Waals surface area contributed by atoms with Crippen LogP contribution in [-0.2, 0) is 17.8 Å². The zero-order valence-electron chi connectivity index (χ0n) is 21.1. The molecule has 0 radical (unpaired) electrons. The van der Waals surface area contributed by atoms with Gasteiger partial charge in [-0.1, -0.05) is 36.0 Å². The van der Waals surface area contributed by atoms with Gasteiger partial charge in [-0.25, -0.2) is 9.37 Å². The van der Waals surface area contributed by atoms with Crippen molar-refractivity contribution in [1.29, 1.82) is 0 Å². The number of carbonyl (C=O) groups excluding carboxylic acids is 2. The molecule has 0 bridgehead atoms. The smallest absolute Gasteiger partial charge is 0.270 e. The summed E-state index contributed by atoms with van der Waals surface area (Å²) >= 11 is 0. The van der Waals surface area contributed by atoms with Crippen molar-refractivity contribution in [3.63, 3.8) is 0 Å². The first kappa shape index (κ1) is 24.4. The van der Waals surface area contributed by atoms with Gasteiger partial charge in [0.1, 0.15) is 29.3 Å². The Morgan fingerprint density at radius 1 is 1.18 bits per heavy atom. The highest BCUT2D eigenvalue weighted by molar-refractivity contribution is 6.02. The first-order valence-corrected chi connectivity index (χ1v) is 12.5. The minimum Gasteiger partial charge on any atom is -0.361 e. The molecule has 2 N–H and O–H groups in total. The average molecular weight is 526 g/mol. The number of halogens is 1. The monoisotopic (exact) mass is 525 g/mol. The zero-order valence-corrected chi connectivity index (χ0v) is 21.1. The lowest BCUT2D eigenvalue weighted by Gasteiger charge is -2.15. The standard InChI is InChI=1S/C28H24FN7O3/c1-15-9-17(3-7-21(15)29)13-30-26(37)24-12-25(36-28(34-24)31-14-32-36)27(38)33-22-8-5-18-11-19(4-6-20(18)22)23-10-16(2)39-35-23/h3-4,6-7,9,11-12,14,22H,2,5,8,10,13H2,1H3,(H,30,37)(H,33,38)/t22-/m0/s1. The van der Waals surface area contributed by atoms with E-state index in [-0.39, 0.29) is 35.6 Å². The second-order valence-electron chi connectivity index (χ2n) is 9.59. The van der Waals surface area contributed by atoms with E-state index in [0.717, 1.165) is 40.8 Å². The molecule has 0 unspecified atom stereocenters. The summed E-state index contributed by atoms with van der Waals surface area (Å²) in [5.41, 5.74) is 5.37. The maximum absolute atomic E-state index is 13.6. The minimum atomic E-state index is -0.489. The second-order valence-corrected chi connectivity index (χ2v) is 9.59. The fourth-order valence-electron chi connectivity index (χ4n) is 4.88. The number of amides is 2. The van der Waals surface area contributed by atoms with Crippen LogP contribution in [0.2, 0.25) is 0 Å². The van der Waals surface area contributed by atoms with Gasteiger partial charge in [0, 0.05) is 18.2 Å². The van der Waals surface area contributed by atoms with Gasteiger partial charge in [0.2, 0.25) is 0 Å². The van der Waals surface area contributed by atoms with Crippen LogP contribution in [0.3, 0.4) is 0 Å². The highest BCUT2D eigenvalue weighted by atomic mass is 19.1. The molecule has 1 atom stereocenters. The predicted octanol–water partition coefficient (Wildman–Crippen LogP) is 3.56. The Bertz CT molecular complexity index is 1690. The number of benzene rings is 2. The van der Waals surface area contributed by atoms with E-state index >= 15 is 0 Å². The molecule has 39 heavy (non-hydrogen) atoms. The maximum atomic E-state index is 13.6. The van der Waals surface area contributed by atoms with Crippen molar-refractivity contribution < 1.29 is 18.8 Å². The van der Waals surface area contributed by atoms with Gasteiger partial charge in [-0.3, -0.25) is 9.59 Å². The SMILES string of the molecule is C=C1CC(c2ccc3c(c2)CC[C@@H]3NC(=O)c2cc(C(=O)NCc3ccc(F)c(C)c3)nc3ncnn23)=NO1. The maximum Gasteiger partial charge on any atom is 0.270 e. The summed E-state index contributed by atoms with van der Waals surface area (Å²) < 4.78 is 14.9. The van der Waals surface area contributed by atoms with Crippen molar-refractivity contribution in [3.05, 3.63) is 106 Å². The first-order valence-electron chi connectivity index (χ1n) is 12.5. The number of carbonyl (C=O) groups is 2. The molecule has 196 valence electrons. The minimum absolute atomic E-state index is 0.0251. The van der Waals surface area contributed by atoms with Gasteiger partial charge >= 0.3 is 0 Å². The molecule has 2 aromatic heterocycles. The number of aromatic nitrogens is 4. The third-order valence-corrected chi connectivity index (χ3v) is 6.90. The highest BCUT2D eigenvalue weighted by Gasteiger charge is 2.27. The molecule has 2 amide bonds. The van der Waals surface area contributed by atoms with E-state index in [9.17, 15) is 14.0 Å². The van der Waals surface area contributed by atoms with E-state index in [1.165, 1.54) is 23.0 Å². The number of hydrogen-bond donors (Lipinski definition) is 2. The third kappa shape index (κ3) is 4.74. The Morgan fingerprint density at radius 3 is 2.85 bits per heavy atom. The summed E-state index contributed by atoms with van der Waals surface area (Å²) in [4.78, 5) is 39.8. The van der Waals surface area contributed by atoms with Crippen molar-refractivity contribution in [2.24, 2.45) is 5.16 Å². The molecule has 10 nitrogen and oxygen atoms in total. The highest BCUT2D eigenvalue weighted by Crippen LogP contribution is 2.33. The summed E-state index contributed by atoms with van der Waals surface area (Å²) in [6.07, 6.45) is 3.39. The number of nitrogens with zero attached hydrogens (tertiary/aromatic N) is 5. The molecule has 0 saturated heterocycles. The van der Waals surface area contributed by atoms with E-state index in [1.54, 1.807) is 19.1 Å². The molecule has 1 aliphatic carbocycles. The van der Waals surface area contributed by atoms with E-state index in [0.29, 0.717) is 17.7 Å². The summed E-state index contributed by atoms with van der Waals surface area (Å²) in [7, 11) is 0. The van der Waals surface area contributed by atoms with Crippen LogP contribution < -0.4 is 10.6 Å². The quantitative estimate of drug-likeness (QED) is 0.397. The predicted molar refractivity (Wildman–Crippen MR) is 139 cm³/mol. The molecular weight excluding hydrogens is 501 g/mol. The van der Waals surface area contributed by atoms with Crippen molar-refractivity contribution in [2.75, 3.05) is 0 Å². The second kappa shape index (κ2) is 9.75. The molecule has 4 aromatic rings. The zero-order chi connectivity index (χ0) is 27.1. The van der Waals surface area contributed by atoms with Crippen molar-refractivity contribution in [1.82, 2.24) is 30.2 Å². The lowest BCUT2D eigenvalue weighted by Crippen LogP contribution is -2.30. The Hall–Kier alpha value is -4.93. The molecule has 3 heterocycles. The number of hydrogen-bond acceptors (Lipinski definition) is 7. The first-order chi connectivity index (χ1) is 18.9. The van der Waals surface area contributed by atoms with Gasteiger partial charge in [0.25, 0.3) is 17.6 Å². The van der Waals surface area contributed by atoms with Gasteiger partial charge < -0.3 is 15.5 Å². The lowest BCUT2D eigenvalue weighted by molar-refractivity contribution is 0.0929. The number of fused-ring (bicyclic) bond motifs is 2. The number of rotatable bonds is 6. The van der Waals surface area contributed by atoms with Crippen LogP contribution in [0.5, 0.6) is 0 Å². The number of allylic oxidation sites excluding steroid dienone is 1. The normalized spacial score (nSPS) is 16.1. The van der Waals surface area contributed by atoms with E-state index in [4.69, 9.17) is 4.84 Å². The van der Waals surface area contributed by atoms with Gasteiger partial charge in [-0.05, 0) is 54.2 Å². The molecule has 2 aliphatic rings. The Morgan fingerprint density at radius 2 is 2.05 bits per heavy atom. The topological polar surface area (TPSA) is 123 Å². The fourth-order valence-corrected chi connectivity index (χ4v) is 4.88. The van der Waals surface area contributed by atoms with E-state index < -0.39 is 11.8 Å². The van der Waals surface area contributed by atoms with Crippen LogP contribution in [-0.4, -0.2) is 37.1 Å². The van der Waals surface area contributed by atoms with Crippen molar-refractivity contribution in [3.8, 4) is 0 Å². The molecule has 0 spiro atoms. The number of nitrogens with one attached hydrogen (secondary N) is 2. The molecule has 0 saturated carbocycles. The molecule has 0 fully saturated rings. The van der Waals surface area contributed by atoms with E-state index in [2.05, 4.69) is 43.5 Å². The Labute approximate surface area is 222 Å². The summed E-state index contributed by atoms with van der Waals surface area (Å²) in [5, 5.41) is 14.0. The number of aryl methyl sites for hydroxylation is 2. The van der Waals surface area contributed by atoms with Crippen molar-refractivity contribution >= 4 is 23.3 Å². The van der Waals surface area contributed by atoms with Crippen LogP contribution in [0, 0.1) is 12.7 Å². The van der Waals surface area contributed by atoms with Crippen LogP contribution in [0.25, 0.3) is 5.78 Å².